The van der Waals surface area contributed by atoms with Gasteiger partial charge in [-0.05, 0) is 30.5 Å². The number of likely N-dealkylation sites (tertiary alicyclic amines) is 1. The predicted molar refractivity (Wildman–Crippen MR) is 92.0 cm³/mol. The third-order valence-corrected chi connectivity index (χ3v) is 4.44. The maximum Gasteiger partial charge on any atom is 0.416 e. The zero-order valence-electron chi connectivity index (χ0n) is 15.3. The third-order valence-electron chi connectivity index (χ3n) is 4.44. The molecule has 0 aliphatic carbocycles. The molecule has 2 rings (SSSR count). The van der Waals surface area contributed by atoms with Crippen LogP contribution in [0.3, 0.4) is 0 Å². The van der Waals surface area contributed by atoms with Gasteiger partial charge in [0, 0.05) is 25.0 Å². The number of carbonyl (C=O) groups is 2. The van der Waals surface area contributed by atoms with E-state index in [1.165, 1.54) is 6.07 Å². The Kier molecular flexibility index (Phi) is 5.98. The number of hydrogen-bond acceptors (Lipinski definition) is 2. The highest BCUT2D eigenvalue weighted by molar-refractivity contribution is 5.83. The van der Waals surface area contributed by atoms with Gasteiger partial charge in [0.2, 0.25) is 11.8 Å². The number of nitrogens with one attached hydrogen (secondary N) is 1. The average molecular weight is 370 g/mol. The van der Waals surface area contributed by atoms with Crippen LogP contribution < -0.4 is 5.32 Å². The summed E-state index contributed by atoms with van der Waals surface area (Å²) in [6.45, 7) is 6.54. The highest BCUT2D eigenvalue weighted by atomic mass is 19.4. The Morgan fingerprint density at radius 3 is 2.54 bits per heavy atom. The Bertz CT molecular complexity index is 665. The van der Waals surface area contributed by atoms with Crippen molar-refractivity contribution < 1.29 is 22.8 Å². The van der Waals surface area contributed by atoms with E-state index in [4.69, 9.17) is 0 Å². The van der Waals surface area contributed by atoms with Crippen molar-refractivity contribution in [2.45, 2.75) is 46.3 Å². The number of carbonyl (C=O) groups excluding carboxylic acids is 2. The normalized spacial score (nSPS) is 18.5. The summed E-state index contributed by atoms with van der Waals surface area (Å²) in [5.74, 6) is -0.553. The first kappa shape index (κ1) is 20.3. The van der Waals surface area contributed by atoms with E-state index >= 15 is 0 Å². The molecule has 1 fully saturated rings. The first-order chi connectivity index (χ1) is 12.0. The number of piperidine rings is 1. The highest BCUT2D eigenvalue weighted by Gasteiger charge is 2.33. The molecule has 1 heterocycles. The fourth-order valence-electron chi connectivity index (χ4n) is 3.04. The Balaban J connectivity index is 1.95. The van der Waals surface area contributed by atoms with Crippen LogP contribution >= 0.6 is 0 Å². The Morgan fingerprint density at radius 2 is 1.92 bits per heavy atom. The molecule has 26 heavy (non-hydrogen) atoms. The Hall–Kier alpha value is -2.05. The van der Waals surface area contributed by atoms with E-state index in [1.54, 1.807) is 11.0 Å². The van der Waals surface area contributed by atoms with E-state index in [9.17, 15) is 22.8 Å². The number of benzene rings is 1. The fourth-order valence-corrected chi connectivity index (χ4v) is 3.04. The van der Waals surface area contributed by atoms with Gasteiger partial charge in [0.05, 0.1) is 11.5 Å². The molecule has 1 aromatic carbocycles. The molecule has 1 saturated heterocycles. The molecular weight excluding hydrogens is 345 g/mol. The lowest BCUT2D eigenvalue weighted by Crippen LogP contribution is -2.48. The molecule has 1 aliphatic heterocycles. The van der Waals surface area contributed by atoms with Gasteiger partial charge in [0.25, 0.3) is 0 Å². The molecule has 1 aromatic rings. The summed E-state index contributed by atoms with van der Waals surface area (Å²) < 4.78 is 38.2. The van der Waals surface area contributed by atoms with E-state index in [0.717, 1.165) is 18.6 Å². The summed E-state index contributed by atoms with van der Waals surface area (Å²) in [4.78, 5) is 26.5. The van der Waals surface area contributed by atoms with Crippen LogP contribution in [-0.2, 0) is 22.3 Å². The largest absolute Gasteiger partial charge is 0.416 e. The fraction of sp³-hybridized carbons (Fsp3) is 0.579. The molecule has 1 N–H and O–H groups in total. The van der Waals surface area contributed by atoms with Gasteiger partial charge in [0.15, 0.2) is 0 Å². The number of rotatable bonds is 3. The van der Waals surface area contributed by atoms with Gasteiger partial charge in [-0.2, -0.15) is 13.2 Å². The van der Waals surface area contributed by atoms with Crippen molar-refractivity contribution in [2.24, 2.45) is 11.3 Å². The molecule has 1 aliphatic rings. The summed E-state index contributed by atoms with van der Waals surface area (Å²) in [6, 6.07) is 4.92. The zero-order valence-corrected chi connectivity index (χ0v) is 15.3. The maximum absolute atomic E-state index is 12.7. The molecule has 1 atom stereocenters. The standard InChI is InChI=1S/C19H25F3N2O2/c1-18(2,3)17(26)24-9-5-7-14(12-24)16(25)23-11-13-6-4-8-15(10-13)19(20,21)22/h4,6,8,10,14H,5,7,9,11-12H2,1-3H3,(H,23,25). The van der Waals surface area contributed by atoms with Crippen LogP contribution in [0.4, 0.5) is 13.2 Å². The lowest BCUT2D eigenvalue weighted by Gasteiger charge is -2.35. The summed E-state index contributed by atoms with van der Waals surface area (Å²) >= 11 is 0. The number of nitrogens with zero attached hydrogens (tertiary/aromatic N) is 1. The molecule has 0 spiro atoms. The van der Waals surface area contributed by atoms with Crippen LogP contribution in [0.25, 0.3) is 0 Å². The molecule has 0 bridgehead atoms. The van der Waals surface area contributed by atoms with E-state index in [2.05, 4.69) is 5.32 Å². The quantitative estimate of drug-likeness (QED) is 0.884. The lowest BCUT2D eigenvalue weighted by atomic mass is 9.91. The van der Waals surface area contributed by atoms with Gasteiger partial charge in [-0.25, -0.2) is 0 Å². The van der Waals surface area contributed by atoms with E-state index < -0.39 is 17.2 Å². The van der Waals surface area contributed by atoms with Crippen LogP contribution in [0.5, 0.6) is 0 Å². The smallest absolute Gasteiger partial charge is 0.352 e. The first-order valence-electron chi connectivity index (χ1n) is 8.71. The third kappa shape index (κ3) is 5.22. The summed E-state index contributed by atoms with van der Waals surface area (Å²) in [6.07, 6.45) is -3.00. The van der Waals surface area contributed by atoms with Gasteiger partial charge in [-0.15, -0.1) is 0 Å². The van der Waals surface area contributed by atoms with E-state index in [-0.39, 0.29) is 24.3 Å². The molecule has 2 amide bonds. The molecule has 1 unspecified atom stereocenters. The van der Waals surface area contributed by atoms with Gasteiger partial charge in [-0.3, -0.25) is 9.59 Å². The van der Waals surface area contributed by atoms with Crippen molar-refractivity contribution in [3.8, 4) is 0 Å². The van der Waals surface area contributed by atoms with Gasteiger partial charge < -0.3 is 10.2 Å². The highest BCUT2D eigenvalue weighted by Crippen LogP contribution is 2.29. The van der Waals surface area contributed by atoms with Crippen LogP contribution in [0.1, 0.15) is 44.7 Å². The van der Waals surface area contributed by atoms with Gasteiger partial charge in [0.1, 0.15) is 0 Å². The molecular formula is C19H25F3N2O2. The van der Waals surface area contributed by atoms with Crippen molar-refractivity contribution in [3.05, 3.63) is 35.4 Å². The van der Waals surface area contributed by atoms with Crippen LogP contribution in [0, 0.1) is 11.3 Å². The number of alkyl halides is 3. The lowest BCUT2D eigenvalue weighted by molar-refractivity contribution is -0.143. The number of halogens is 3. The molecule has 7 heteroatoms. The molecule has 144 valence electrons. The van der Waals surface area contributed by atoms with Crippen LogP contribution in [-0.4, -0.2) is 29.8 Å². The topological polar surface area (TPSA) is 49.4 Å². The number of amides is 2. The van der Waals surface area contributed by atoms with E-state index in [1.807, 2.05) is 20.8 Å². The second kappa shape index (κ2) is 7.68. The summed E-state index contributed by atoms with van der Waals surface area (Å²) in [5, 5.41) is 2.70. The summed E-state index contributed by atoms with van der Waals surface area (Å²) in [5.41, 5.74) is -0.841. The van der Waals surface area contributed by atoms with Gasteiger partial charge >= 0.3 is 6.18 Å². The second-order valence-corrected chi connectivity index (χ2v) is 7.76. The maximum atomic E-state index is 12.7. The minimum Gasteiger partial charge on any atom is -0.352 e. The first-order valence-corrected chi connectivity index (χ1v) is 8.71. The zero-order chi connectivity index (χ0) is 19.5. The van der Waals surface area contributed by atoms with Gasteiger partial charge in [-0.1, -0.05) is 32.9 Å². The molecule has 4 nitrogen and oxygen atoms in total. The molecule has 0 radical (unpaired) electrons. The SMILES string of the molecule is CC(C)(C)C(=O)N1CCCC(C(=O)NCc2cccc(C(F)(F)F)c2)C1. The summed E-state index contributed by atoms with van der Waals surface area (Å²) in [7, 11) is 0. The van der Waals surface area contributed by atoms with Crippen LogP contribution in [0.15, 0.2) is 24.3 Å². The van der Waals surface area contributed by atoms with Crippen molar-refractivity contribution in [1.82, 2.24) is 10.2 Å². The van der Waals surface area contributed by atoms with Crippen molar-refractivity contribution in [2.75, 3.05) is 13.1 Å². The van der Waals surface area contributed by atoms with Crippen molar-refractivity contribution in [1.29, 1.82) is 0 Å². The minimum absolute atomic E-state index is 0.00729. The Labute approximate surface area is 151 Å². The molecule has 0 saturated carbocycles. The monoisotopic (exact) mass is 370 g/mol. The Morgan fingerprint density at radius 1 is 1.23 bits per heavy atom. The number of hydrogen-bond donors (Lipinski definition) is 1. The van der Waals surface area contributed by atoms with Crippen molar-refractivity contribution >= 4 is 11.8 Å². The van der Waals surface area contributed by atoms with Crippen LogP contribution in [0.2, 0.25) is 0 Å². The molecule has 0 aromatic heterocycles. The minimum atomic E-state index is -4.41. The van der Waals surface area contributed by atoms with Crippen molar-refractivity contribution in [3.63, 3.8) is 0 Å². The average Bonchev–Trinajstić information content (AvgIpc) is 2.58. The predicted octanol–water partition coefficient (Wildman–Crippen LogP) is 3.61. The second-order valence-electron chi connectivity index (χ2n) is 7.76. The van der Waals surface area contributed by atoms with E-state index in [0.29, 0.717) is 25.1 Å².